The van der Waals surface area contributed by atoms with Gasteiger partial charge in [0, 0.05) is 19.0 Å². The summed E-state index contributed by atoms with van der Waals surface area (Å²) in [6.07, 6.45) is 0. The first-order chi connectivity index (χ1) is 8.00. The van der Waals surface area contributed by atoms with Gasteiger partial charge in [-0.05, 0) is 19.1 Å². The number of nitrogens with one attached hydrogen (secondary N) is 1. The lowest BCUT2D eigenvalue weighted by atomic mass is 10.1. The van der Waals surface area contributed by atoms with E-state index in [1.807, 2.05) is 24.3 Å². The Bertz CT molecular complexity index is 489. The third kappa shape index (κ3) is 1.70. The number of anilines is 1. The second-order valence-corrected chi connectivity index (χ2v) is 5.51. The highest BCUT2D eigenvalue weighted by atomic mass is 32.2. The summed E-state index contributed by atoms with van der Waals surface area (Å²) in [5.74, 6) is -0.464. The van der Waals surface area contributed by atoms with Gasteiger partial charge in [-0.2, -0.15) is 0 Å². The van der Waals surface area contributed by atoms with E-state index >= 15 is 0 Å². The number of thioether (sulfide) groups is 1. The second kappa shape index (κ2) is 4.07. The molecule has 17 heavy (non-hydrogen) atoms. The van der Waals surface area contributed by atoms with E-state index in [2.05, 4.69) is 5.32 Å². The smallest absolute Gasteiger partial charge is 0.252 e. The number of nitrogens with zero attached hydrogens (tertiary/aromatic N) is 1. The number of hydrogen-bond acceptors (Lipinski definition) is 3. The lowest BCUT2D eigenvalue weighted by Gasteiger charge is -2.36. The molecule has 4 nitrogen and oxygen atoms in total. The maximum atomic E-state index is 12.3. The molecule has 1 N–H and O–H groups in total. The SMILES string of the molecule is CNC(=O)[C@@]1(C)Sc2ccccc2N(C)C1=O. The molecular formula is C12H14N2O2S. The normalized spacial score (nSPS) is 23.2. The quantitative estimate of drug-likeness (QED) is 0.763. The summed E-state index contributed by atoms with van der Waals surface area (Å²) in [6, 6.07) is 7.58. The highest BCUT2D eigenvalue weighted by molar-refractivity contribution is 8.02. The summed E-state index contributed by atoms with van der Waals surface area (Å²) in [6.45, 7) is 1.66. The molecule has 2 amide bonds. The molecule has 0 bridgehead atoms. The van der Waals surface area contributed by atoms with E-state index in [9.17, 15) is 9.59 Å². The standard InChI is InChI=1S/C12H14N2O2S/c1-12(10(15)13-2)11(16)14(3)8-6-4-5-7-9(8)17-12/h4-7H,1-3H3,(H,13,15)/t12-/m1/s1. The van der Waals surface area contributed by atoms with Gasteiger partial charge >= 0.3 is 0 Å². The van der Waals surface area contributed by atoms with E-state index in [1.165, 1.54) is 11.8 Å². The van der Waals surface area contributed by atoms with Crippen LogP contribution in [0.2, 0.25) is 0 Å². The molecule has 1 atom stereocenters. The van der Waals surface area contributed by atoms with Crippen molar-refractivity contribution in [2.45, 2.75) is 16.6 Å². The van der Waals surface area contributed by atoms with E-state index < -0.39 is 4.75 Å². The third-order valence-corrected chi connectivity index (χ3v) is 4.25. The third-order valence-electron chi connectivity index (χ3n) is 2.91. The van der Waals surface area contributed by atoms with Crippen LogP contribution in [0.25, 0.3) is 0 Å². The minimum Gasteiger partial charge on any atom is -0.358 e. The van der Waals surface area contributed by atoms with Gasteiger partial charge in [0.15, 0.2) is 4.75 Å². The summed E-state index contributed by atoms with van der Waals surface area (Å²) in [5, 5.41) is 2.55. The zero-order valence-electron chi connectivity index (χ0n) is 9.98. The van der Waals surface area contributed by atoms with Crippen molar-refractivity contribution < 1.29 is 9.59 Å². The molecule has 5 heteroatoms. The molecule has 1 aromatic carbocycles. The molecule has 0 saturated carbocycles. The van der Waals surface area contributed by atoms with Crippen LogP contribution in [-0.4, -0.2) is 30.7 Å². The van der Waals surface area contributed by atoms with Crippen LogP contribution in [-0.2, 0) is 9.59 Å². The van der Waals surface area contributed by atoms with E-state index in [0.717, 1.165) is 10.6 Å². The molecule has 1 heterocycles. The summed E-state index contributed by atoms with van der Waals surface area (Å²) in [4.78, 5) is 26.6. The lowest BCUT2D eigenvalue weighted by Crippen LogP contribution is -2.54. The maximum absolute atomic E-state index is 12.3. The number of para-hydroxylation sites is 1. The summed E-state index contributed by atoms with van der Waals surface area (Å²) < 4.78 is -1.09. The molecular weight excluding hydrogens is 236 g/mol. The lowest BCUT2D eigenvalue weighted by molar-refractivity contribution is -0.130. The van der Waals surface area contributed by atoms with Gasteiger partial charge in [-0.15, -0.1) is 0 Å². The Hall–Kier alpha value is -1.49. The van der Waals surface area contributed by atoms with Crippen LogP contribution in [0.15, 0.2) is 29.2 Å². The molecule has 1 aliphatic heterocycles. The molecule has 0 unspecified atom stereocenters. The van der Waals surface area contributed by atoms with E-state index in [-0.39, 0.29) is 11.8 Å². The minimum atomic E-state index is -1.09. The highest BCUT2D eigenvalue weighted by Crippen LogP contribution is 2.44. The van der Waals surface area contributed by atoms with Crippen LogP contribution in [0.4, 0.5) is 5.69 Å². The zero-order valence-corrected chi connectivity index (χ0v) is 10.8. The number of hydrogen-bond donors (Lipinski definition) is 1. The van der Waals surface area contributed by atoms with Gasteiger partial charge in [-0.25, -0.2) is 0 Å². The Morgan fingerprint density at radius 3 is 2.71 bits per heavy atom. The average Bonchev–Trinajstić information content (AvgIpc) is 2.35. The van der Waals surface area contributed by atoms with Crippen molar-refractivity contribution >= 4 is 29.3 Å². The molecule has 1 aromatic rings. The first-order valence-electron chi connectivity index (χ1n) is 5.29. The van der Waals surface area contributed by atoms with Gasteiger partial charge in [0.25, 0.3) is 5.91 Å². The molecule has 0 radical (unpaired) electrons. The van der Waals surface area contributed by atoms with Crippen molar-refractivity contribution in [2.24, 2.45) is 0 Å². The van der Waals surface area contributed by atoms with Crippen molar-refractivity contribution in [3.63, 3.8) is 0 Å². The molecule has 0 spiro atoms. The first-order valence-corrected chi connectivity index (χ1v) is 6.10. The minimum absolute atomic E-state index is 0.194. The van der Waals surface area contributed by atoms with Crippen molar-refractivity contribution in [3.05, 3.63) is 24.3 Å². The predicted octanol–water partition coefficient (Wildman–Crippen LogP) is 1.26. The highest BCUT2D eigenvalue weighted by Gasteiger charge is 2.47. The number of carbonyl (C=O) groups is 2. The van der Waals surface area contributed by atoms with Gasteiger partial charge in [-0.3, -0.25) is 9.59 Å². The van der Waals surface area contributed by atoms with Crippen LogP contribution >= 0.6 is 11.8 Å². The average molecular weight is 250 g/mol. The Balaban J connectivity index is 2.51. The van der Waals surface area contributed by atoms with Crippen LogP contribution < -0.4 is 10.2 Å². The Morgan fingerprint density at radius 2 is 2.06 bits per heavy atom. The number of rotatable bonds is 1. The number of carbonyl (C=O) groups excluding carboxylic acids is 2. The first kappa shape index (κ1) is 12.0. The number of fused-ring (bicyclic) bond motifs is 1. The molecule has 0 aliphatic carbocycles. The molecule has 0 aromatic heterocycles. The van der Waals surface area contributed by atoms with Crippen molar-refractivity contribution in [3.8, 4) is 0 Å². The summed E-state index contributed by atoms with van der Waals surface area (Å²) in [7, 11) is 3.24. The van der Waals surface area contributed by atoms with Gasteiger partial charge in [0.2, 0.25) is 5.91 Å². The fourth-order valence-corrected chi connectivity index (χ4v) is 3.21. The Morgan fingerprint density at radius 1 is 1.41 bits per heavy atom. The number of benzene rings is 1. The van der Waals surface area contributed by atoms with E-state index in [1.54, 1.807) is 25.9 Å². The molecule has 90 valence electrons. The van der Waals surface area contributed by atoms with Crippen molar-refractivity contribution in [1.29, 1.82) is 0 Å². The Labute approximate surface area is 104 Å². The van der Waals surface area contributed by atoms with Crippen LogP contribution in [0.3, 0.4) is 0 Å². The summed E-state index contributed by atoms with van der Waals surface area (Å²) >= 11 is 1.30. The molecule has 2 rings (SSSR count). The van der Waals surface area contributed by atoms with Gasteiger partial charge < -0.3 is 10.2 Å². The summed E-state index contributed by atoms with van der Waals surface area (Å²) in [5.41, 5.74) is 0.851. The van der Waals surface area contributed by atoms with Gasteiger partial charge in [-0.1, -0.05) is 23.9 Å². The van der Waals surface area contributed by atoms with Crippen LogP contribution in [0, 0.1) is 0 Å². The maximum Gasteiger partial charge on any atom is 0.252 e. The van der Waals surface area contributed by atoms with Crippen LogP contribution in [0.5, 0.6) is 0 Å². The largest absolute Gasteiger partial charge is 0.358 e. The van der Waals surface area contributed by atoms with Crippen LogP contribution in [0.1, 0.15) is 6.92 Å². The van der Waals surface area contributed by atoms with Crippen molar-refractivity contribution in [1.82, 2.24) is 5.32 Å². The topological polar surface area (TPSA) is 49.4 Å². The Kier molecular flexibility index (Phi) is 2.87. The monoisotopic (exact) mass is 250 g/mol. The fourth-order valence-electron chi connectivity index (χ4n) is 1.90. The number of amides is 2. The zero-order chi connectivity index (χ0) is 12.6. The van der Waals surface area contributed by atoms with Gasteiger partial charge in [0.1, 0.15) is 0 Å². The van der Waals surface area contributed by atoms with E-state index in [4.69, 9.17) is 0 Å². The molecule has 1 aliphatic rings. The second-order valence-electron chi connectivity index (χ2n) is 4.05. The predicted molar refractivity (Wildman–Crippen MR) is 68.2 cm³/mol. The molecule has 0 saturated heterocycles. The van der Waals surface area contributed by atoms with E-state index in [0.29, 0.717) is 0 Å². The van der Waals surface area contributed by atoms with Gasteiger partial charge in [0.05, 0.1) is 5.69 Å². The fraction of sp³-hybridized carbons (Fsp3) is 0.333. The van der Waals surface area contributed by atoms with Crippen molar-refractivity contribution in [2.75, 3.05) is 19.0 Å². The molecule has 0 fully saturated rings.